The number of likely N-dealkylation sites (tertiary alicyclic amines) is 1. The summed E-state index contributed by atoms with van der Waals surface area (Å²) in [5.41, 5.74) is 1.30. The lowest BCUT2D eigenvalue weighted by atomic mass is 9.79. The van der Waals surface area contributed by atoms with Crippen LogP contribution >= 0.6 is 0 Å². The van der Waals surface area contributed by atoms with Gasteiger partial charge in [0, 0.05) is 18.9 Å². The summed E-state index contributed by atoms with van der Waals surface area (Å²) in [5.74, 6) is -2.32. The number of β-lactam (4-membered cyclic amide) rings is 1. The summed E-state index contributed by atoms with van der Waals surface area (Å²) in [5, 5.41) is 0. The number of hydrogen-bond donors (Lipinski definition) is 0. The van der Waals surface area contributed by atoms with Crippen molar-refractivity contribution in [1.82, 2.24) is 4.90 Å². The number of carbonyl (C=O) groups is 4. The van der Waals surface area contributed by atoms with Crippen LogP contribution in [0.4, 0.5) is 0 Å². The summed E-state index contributed by atoms with van der Waals surface area (Å²) in [7, 11) is 0. The highest BCUT2D eigenvalue weighted by Crippen LogP contribution is 2.33. The summed E-state index contributed by atoms with van der Waals surface area (Å²) in [6, 6.07) is 16.9. The first-order valence-corrected chi connectivity index (χ1v) is 9.11. The van der Waals surface area contributed by atoms with Crippen LogP contribution < -0.4 is 0 Å². The topological polar surface area (TPSA) is 80.8 Å². The van der Waals surface area contributed by atoms with Crippen molar-refractivity contribution < 1.29 is 23.9 Å². The smallest absolute Gasteiger partial charge is 0.306 e. The van der Waals surface area contributed by atoms with Crippen molar-refractivity contribution in [1.29, 1.82) is 0 Å². The Morgan fingerprint density at radius 1 is 0.964 bits per heavy atom. The Hall–Kier alpha value is -3.28. The van der Waals surface area contributed by atoms with Crippen molar-refractivity contribution in [2.75, 3.05) is 0 Å². The molecule has 2 amide bonds. The maximum Gasteiger partial charge on any atom is 0.306 e. The predicted octanol–water partition coefficient (Wildman–Crippen LogP) is 2.77. The van der Waals surface area contributed by atoms with E-state index < -0.39 is 29.7 Å². The molecule has 2 atom stereocenters. The minimum atomic E-state index is -0.866. The Kier molecular flexibility index (Phi) is 5.99. The number of ether oxygens (including phenoxy) is 1. The molecule has 6 nitrogen and oxygen atoms in total. The van der Waals surface area contributed by atoms with E-state index in [0.717, 1.165) is 10.5 Å². The van der Waals surface area contributed by atoms with Gasteiger partial charge in [0.25, 0.3) is 0 Å². The molecule has 0 bridgehead atoms. The number of Topliss-reactive ketones (excluding diaryl/α,β-unsaturated/α-hetero) is 1. The lowest BCUT2D eigenvalue weighted by molar-refractivity contribution is -0.163. The third kappa shape index (κ3) is 4.17. The summed E-state index contributed by atoms with van der Waals surface area (Å²) in [6.07, 6.45) is 0.174. The number of hydrogen-bond acceptors (Lipinski definition) is 5. The van der Waals surface area contributed by atoms with Crippen LogP contribution in [0.25, 0.3) is 0 Å². The van der Waals surface area contributed by atoms with Crippen molar-refractivity contribution >= 4 is 23.6 Å². The molecule has 1 aliphatic heterocycles. The molecule has 0 unspecified atom stereocenters. The standard InChI is InChI=1S/C22H21NO5/c1-15(24)23-20(21(26)17-10-6-3-7-11-17)18(22(23)27)12-13-19(25)28-14-16-8-4-2-5-9-16/h2-11,18,20H,12-14H2,1H3/t18-,20-/m0/s1. The number of carbonyl (C=O) groups excluding carboxylic acids is 4. The number of rotatable bonds is 7. The molecule has 144 valence electrons. The monoisotopic (exact) mass is 379 g/mol. The van der Waals surface area contributed by atoms with Gasteiger partial charge in [-0.2, -0.15) is 0 Å². The number of ketones is 1. The average molecular weight is 379 g/mol. The van der Waals surface area contributed by atoms with Gasteiger partial charge >= 0.3 is 5.97 Å². The second-order valence-corrected chi connectivity index (χ2v) is 6.69. The van der Waals surface area contributed by atoms with E-state index in [1.165, 1.54) is 6.92 Å². The molecule has 28 heavy (non-hydrogen) atoms. The van der Waals surface area contributed by atoms with Gasteiger partial charge in [0.15, 0.2) is 5.78 Å². The van der Waals surface area contributed by atoms with Gasteiger partial charge in [-0.1, -0.05) is 60.7 Å². The molecule has 0 radical (unpaired) electrons. The summed E-state index contributed by atoms with van der Waals surface area (Å²) >= 11 is 0. The molecular weight excluding hydrogens is 358 g/mol. The van der Waals surface area contributed by atoms with Gasteiger partial charge in [0.05, 0.1) is 5.92 Å². The third-order valence-electron chi connectivity index (χ3n) is 4.78. The van der Waals surface area contributed by atoms with Gasteiger partial charge in [0.1, 0.15) is 12.6 Å². The zero-order chi connectivity index (χ0) is 20.1. The van der Waals surface area contributed by atoms with E-state index in [1.54, 1.807) is 30.3 Å². The molecule has 0 spiro atoms. The minimum absolute atomic E-state index is 0.00749. The summed E-state index contributed by atoms with van der Waals surface area (Å²) < 4.78 is 5.22. The molecule has 0 N–H and O–H groups in total. The lowest BCUT2D eigenvalue weighted by Gasteiger charge is -2.44. The second kappa shape index (κ2) is 8.61. The van der Waals surface area contributed by atoms with Crippen LogP contribution in [0.3, 0.4) is 0 Å². The van der Waals surface area contributed by atoms with Crippen LogP contribution in [-0.4, -0.2) is 34.5 Å². The van der Waals surface area contributed by atoms with Gasteiger partial charge in [0.2, 0.25) is 11.8 Å². The van der Waals surface area contributed by atoms with Gasteiger partial charge in [-0.25, -0.2) is 0 Å². The van der Waals surface area contributed by atoms with Crippen LogP contribution in [0, 0.1) is 5.92 Å². The van der Waals surface area contributed by atoms with Crippen LogP contribution in [-0.2, 0) is 25.7 Å². The van der Waals surface area contributed by atoms with Gasteiger partial charge in [-0.05, 0) is 12.0 Å². The highest BCUT2D eigenvalue weighted by Gasteiger charge is 2.53. The van der Waals surface area contributed by atoms with E-state index >= 15 is 0 Å². The highest BCUT2D eigenvalue weighted by molar-refractivity contribution is 6.14. The largest absolute Gasteiger partial charge is 0.461 e. The number of esters is 1. The summed E-state index contributed by atoms with van der Waals surface area (Å²) in [4.78, 5) is 49.9. The molecule has 2 aromatic rings. The summed E-state index contributed by atoms with van der Waals surface area (Å²) in [6.45, 7) is 1.41. The Balaban J connectivity index is 1.61. The number of benzene rings is 2. The first-order chi connectivity index (χ1) is 13.5. The number of imide groups is 1. The minimum Gasteiger partial charge on any atom is -0.461 e. The predicted molar refractivity (Wildman–Crippen MR) is 101 cm³/mol. The van der Waals surface area contributed by atoms with Crippen LogP contribution in [0.2, 0.25) is 0 Å². The zero-order valence-electron chi connectivity index (χ0n) is 15.5. The van der Waals surface area contributed by atoms with Gasteiger partial charge in [-0.3, -0.25) is 24.1 Å². The molecule has 0 aliphatic carbocycles. The molecular formula is C22H21NO5. The molecule has 6 heteroatoms. The molecule has 1 aliphatic rings. The molecule has 0 aromatic heterocycles. The van der Waals surface area contributed by atoms with E-state index in [1.807, 2.05) is 30.3 Å². The van der Waals surface area contributed by atoms with E-state index in [2.05, 4.69) is 0 Å². The molecule has 1 heterocycles. The SMILES string of the molecule is CC(=O)N1C(=O)[C@@H](CCC(=O)OCc2ccccc2)[C@H]1C(=O)c1ccccc1. The molecule has 1 saturated heterocycles. The fraction of sp³-hybridized carbons (Fsp3) is 0.273. The van der Waals surface area contributed by atoms with Crippen LogP contribution in [0.15, 0.2) is 60.7 Å². The molecule has 0 saturated carbocycles. The fourth-order valence-corrected chi connectivity index (χ4v) is 3.34. The number of amides is 2. The van der Waals surface area contributed by atoms with Crippen molar-refractivity contribution in [3.05, 3.63) is 71.8 Å². The molecule has 3 rings (SSSR count). The van der Waals surface area contributed by atoms with Crippen molar-refractivity contribution in [2.24, 2.45) is 5.92 Å². The molecule has 1 fully saturated rings. The quantitative estimate of drug-likeness (QED) is 0.420. The molecule has 2 aromatic carbocycles. The zero-order valence-corrected chi connectivity index (χ0v) is 15.5. The normalized spacial score (nSPS) is 18.3. The van der Waals surface area contributed by atoms with Crippen molar-refractivity contribution in [3.63, 3.8) is 0 Å². The first-order valence-electron chi connectivity index (χ1n) is 9.11. The maximum atomic E-state index is 12.8. The lowest BCUT2D eigenvalue weighted by Crippen LogP contribution is -2.65. The Bertz CT molecular complexity index is 878. The van der Waals surface area contributed by atoms with E-state index in [0.29, 0.717) is 5.56 Å². The third-order valence-corrected chi connectivity index (χ3v) is 4.78. The van der Waals surface area contributed by atoms with E-state index in [9.17, 15) is 19.2 Å². The Labute approximate surface area is 163 Å². The van der Waals surface area contributed by atoms with Crippen LogP contribution in [0.1, 0.15) is 35.7 Å². The number of nitrogens with zero attached hydrogens (tertiary/aromatic N) is 1. The second-order valence-electron chi connectivity index (χ2n) is 6.69. The van der Waals surface area contributed by atoms with Crippen LogP contribution in [0.5, 0.6) is 0 Å². The van der Waals surface area contributed by atoms with Gasteiger partial charge < -0.3 is 4.74 Å². The highest BCUT2D eigenvalue weighted by atomic mass is 16.5. The Morgan fingerprint density at radius 3 is 2.18 bits per heavy atom. The average Bonchev–Trinajstić information content (AvgIpc) is 2.71. The van der Waals surface area contributed by atoms with Crippen molar-refractivity contribution in [2.45, 2.75) is 32.4 Å². The fourth-order valence-electron chi connectivity index (χ4n) is 3.34. The van der Waals surface area contributed by atoms with E-state index in [4.69, 9.17) is 4.74 Å². The Morgan fingerprint density at radius 2 is 1.57 bits per heavy atom. The van der Waals surface area contributed by atoms with Crippen molar-refractivity contribution in [3.8, 4) is 0 Å². The van der Waals surface area contributed by atoms with E-state index in [-0.39, 0.29) is 25.2 Å². The first kappa shape index (κ1) is 19.5. The van der Waals surface area contributed by atoms with Gasteiger partial charge in [-0.15, -0.1) is 0 Å². The maximum absolute atomic E-state index is 12.8.